The molecule has 162 valence electrons. The molecule has 1 aliphatic heterocycles. The van der Waals surface area contributed by atoms with Gasteiger partial charge in [0.25, 0.3) is 0 Å². The summed E-state index contributed by atoms with van der Waals surface area (Å²) in [5.41, 5.74) is 4.00. The van der Waals surface area contributed by atoms with Gasteiger partial charge >= 0.3 is 0 Å². The van der Waals surface area contributed by atoms with E-state index >= 15 is 0 Å². The summed E-state index contributed by atoms with van der Waals surface area (Å²) in [4.78, 5) is 19.0. The van der Waals surface area contributed by atoms with Gasteiger partial charge in [0.15, 0.2) is 5.82 Å². The zero-order chi connectivity index (χ0) is 22.3. The van der Waals surface area contributed by atoms with E-state index in [1.807, 2.05) is 35.8 Å². The number of aliphatic hydroxyl groups is 1. The highest BCUT2D eigenvalue weighted by Crippen LogP contribution is 2.39. The fraction of sp³-hybridized carbons (Fsp3) is 0.391. The van der Waals surface area contributed by atoms with E-state index in [-0.39, 0.29) is 12.2 Å². The van der Waals surface area contributed by atoms with E-state index in [4.69, 9.17) is 16.6 Å². The van der Waals surface area contributed by atoms with Crippen molar-refractivity contribution in [3.05, 3.63) is 62.5 Å². The monoisotopic (exact) mass is 456 g/mol. The summed E-state index contributed by atoms with van der Waals surface area (Å²) in [5, 5.41) is 20.0. The van der Waals surface area contributed by atoms with E-state index < -0.39 is 12.1 Å². The van der Waals surface area contributed by atoms with Gasteiger partial charge in [0.1, 0.15) is 22.7 Å². The second-order valence-corrected chi connectivity index (χ2v) is 9.67. The van der Waals surface area contributed by atoms with Crippen molar-refractivity contribution in [2.75, 3.05) is 0 Å². The summed E-state index contributed by atoms with van der Waals surface area (Å²) in [7, 11) is 0. The molecule has 2 aromatic heterocycles. The Labute approximate surface area is 190 Å². The second-order valence-electron chi connectivity index (χ2n) is 8.04. The number of aryl methyl sites for hydroxylation is 2. The van der Waals surface area contributed by atoms with Gasteiger partial charge in [0.2, 0.25) is 0 Å². The van der Waals surface area contributed by atoms with Crippen LogP contribution in [-0.2, 0) is 4.79 Å². The molecule has 0 bridgehead atoms. The molecule has 0 saturated heterocycles. The number of ketones is 1. The molecule has 3 heterocycles. The van der Waals surface area contributed by atoms with Crippen molar-refractivity contribution in [1.82, 2.24) is 14.8 Å². The summed E-state index contributed by atoms with van der Waals surface area (Å²) in [6, 6.07) is 7.18. The van der Waals surface area contributed by atoms with Crippen molar-refractivity contribution in [3.63, 3.8) is 0 Å². The molecule has 1 N–H and O–H groups in total. The van der Waals surface area contributed by atoms with E-state index in [0.29, 0.717) is 23.7 Å². The third-order valence-electron chi connectivity index (χ3n) is 5.62. The van der Waals surface area contributed by atoms with Gasteiger partial charge in [0.05, 0.1) is 11.8 Å². The number of rotatable bonds is 6. The fourth-order valence-electron chi connectivity index (χ4n) is 3.82. The lowest BCUT2D eigenvalue weighted by atomic mass is 9.99. The molecule has 2 atom stereocenters. The number of hydrogen-bond acceptors (Lipinski definition) is 6. The quantitative estimate of drug-likeness (QED) is 0.570. The molecular weight excluding hydrogens is 432 g/mol. The number of carbonyl (C=O) groups excluding carboxylic acids is 1. The number of hydrogen-bond donors (Lipinski definition) is 1. The van der Waals surface area contributed by atoms with Crippen LogP contribution >= 0.6 is 22.9 Å². The molecule has 0 spiro atoms. The van der Waals surface area contributed by atoms with Crippen molar-refractivity contribution in [2.45, 2.75) is 59.1 Å². The van der Waals surface area contributed by atoms with Crippen LogP contribution < -0.4 is 0 Å². The van der Waals surface area contributed by atoms with Crippen molar-refractivity contribution < 1.29 is 9.90 Å². The Morgan fingerprint density at radius 3 is 2.61 bits per heavy atom. The Kier molecular flexibility index (Phi) is 6.10. The maximum Gasteiger partial charge on any atom is 0.163 e. The van der Waals surface area contributed by atoms with E-state index in [1.165, 1.54) is 4.88 Å². The first-order chi connectivity index (χ1) is 14.8. The largest absolute Gasteiger partial charge is 0.393 e. The minimum atomic E-state index is -0.505. The van der Waals surface area contributed by atoms with Crippen molar-refractivity contribution in [2.24, 2.45) is 4.99 Å². The number of nitrogens with zero attached hydrogens (tertiary/aromatic N) is 4. The summed E-state index contributed by atoms with van der Waals surface area (Å²) >= 11 is 7.81. The van der Waals surface area contributed by atoms with Crippen LogP contribution in [0.4, 0.5) is 0 Å². The predicted octanol–water partition coefficient (Wildman–Crippen LogP) is 4.92. The summed E-state index contributed by atoms with van der Waals surface area (Å²) in [6.45, 7) is 7.82. The lowest BCUT2D eigenvalue weighted by Crippen LogP contribution is -2.12. The molecule has 31 heavy (non-hydrogen) atoms. The molecule has 0 radical (unpaired) electrons. The van der Waals surface area contributed by atoms with Crippen LogP contribution in [0.1, 0.15) is 65.4 Å². The van der Waals surface area contributed by atoms with Gasteiger partial charge in [-0.1, -0.05) is 23.7 Å². The smallest absolute Gasteiger partial charge is 0.163 e. The molecule has 1 aromatic carbocycles. The average molecular weight is 457 g/mol. The van der Waals surface area contributed by atoms with Gasteiger partial charge in [-0.3, -0.25) is 14.4 Å². The van der Waals surface area contributed by atoms with Crippen LogP contribution in [0.3, 0.4) is 0 Å². The first-order valence-corrected chi connectivity index (χ1v) is 11.5. The average Bonchev–Trinajstić information content (AvgIpc) is 3.19. The van der Waals surface area contributed by atoms with E-state index in [0.717, 1.165) is 33.2 Å². The molecule has 0 saturated carbocycles. The molecular formula is C23H25ClN4O2S. The standard InChI is InChI=1S/C23H25ClN4O2S/c1-12(29)5-10-18(30)11-19-22-27-26-15(4)28(22)23-20(13(2)14(3)31-23)21(25-19)16-6-8-17(24)9-7-16/h6-9,12,19,29H,5,10-11H2,1-4H3/t12-,19+/m1/s1. The summed E-state index contributed by atoms with van der Waals surface area (Å²) in [5.74, 6) is 1.50. The number of halogens is 1. The Hall–Kier alpha value is -2.35. The van der Waals surface area contributed by atoms with Crippen LogP contribution in [0.5, 0.6) is 0 Å². The molecule has 0 aliphatic carbocycles. The molecule has 0 amide bonds. The molecule has 0 fully saturated rings. The van der Waals surface area contributed by atoms with Gasteiger partial charge < -0.3 is 5.11 Å². The van der Waals surface area contributed by atoms with E-state index in [2.05, 4.69) is 24.0 Å². The maximum atomic E-state index is 12.7. The summed E-state index contributed by atoms with van der Waals surface area (Å²) < 4.78 is 2.04. The molecule has 3 aromatic rings. The third kappa shape index (κ3) is 4.22. The predicted molar refractivity (Wildman–Crippen MR) is 124 cm³/mol. The number of aromatic nitrogens is 3. The number of carbonyl (C=O) groups is 1. The number of Topliss-reactive ketones (excluding diaryl/α,β-unsaturated/α-hetero) is 1. The van der Waals surface area contributed by atoms with Crippen LogP contribution in [0, 0.1) is 20.8 Å². The zero-order valence-corrected chi connectivity index (χ0v) is 19.6. The first kappa shape index (κ1) is 21.9. The molecule has 8 heteroatoms. The number of aliphatic hydroxyl groups excluding tert-OH is 1. The Morgan fingerprint density at radius 1 is 1.23 bits per heavy atom. The van der Waals surface area contributed by atoms with Crippen LogP contribution in [0.2, 0.25) is 5.02 Å². The van der Waals surface area contributed by atoms with E-state index in [1.54, 1.807) is 18.3 Å². The molecule has 1 aliphatic rings. The minimum Gasteiger partial charge on any atom is -0.393 e. The molecule has 4 rings (SSSR count). The fourth-order valence-corrected chi connectivity index (χ4v) is 5.16. The van der Waals surface area contributed by atoms with Crippen molar-refractivity contribution in [3.8, 4) is 5.00 Å². The first-order valence-electron chi connectivity index (χ1n) is 10.3. The molecule has 0 unspecified atom stereocenters. The summed E-state index contributed by atoms with van der Waals surface area (Å²) in [6.07, 6.45) is 0.466. The Bertz CT molecular complexity index is 1160. The highest BCUT2D eigenvalue weighted by Gasteiger charge is 2.32. The highest BCUT2D eigenvalue weighted by molar-refractivity contribution is 7.15. The van der Waals surface area contributed by atoms with Crippen molar-refractivity contribution >= 4 is 34.4 Å². The number of thiophene rings is 1. The lowest BCUT2D eigenvalue weighted by Gasteiger charge is -2.12. The number of fused-ring (bicyclic) bond motifs is 3. The van der Waals surface area contributed by atoms with Crippen LogP contribution in [0.15, 0.2) is 29.3 Å². The van der Waals surface area contributed by atoms with Crippen molar-refractivity contribution in [1.29, 1.82) is 0 Å². The highest BCUT2D eigenvalue weighted by atomic mass is 35.5. The normalized spacial score (nSPS) is 16.3. The van der Waals surface area contributed by atoms with Gasteiger partial charge in [-0.25, -0.2) is 0 Å². The van der Waals surface area contributed by atoms with Crippen LogP contribution in [0.25, 0.3) is 5.00 Å². The van der Waals surface area contributed by atoms with Gasteiger partial charge in [-0.2, -0.15) is 0 Å². The number of benzene rings is 1. The number of aliphatic imine (C=N–C) groups is 1. The zero-order valence-electron chi connectivity index (χ0n) is 18.0. The van der Waals surface area contributed by atoms with Gasteiger partial charge in [-0.05, 0) is 51.8 Å². The Balaban J connectivity index is 1.87. The maximum absolute atomic E-state index is 12.7. The van der Waals surface area contributed by atoms with E-state index in [9.17, 15) is 9.90 Å². The lowest BCUT2D eigenvalue weighted by molar-refractivity contribution is -0.120. The van der Waals surface area contributed by atoms with Gasteiger partial charge in [-0.15, -0.1) is 21.5 Å². The van der Waals surface area contributed by atoms with Crippen LogP contribution in [-0.4, -0.2) is 37.5 Å². The molecule has 6 nitrogen and oxygen atoms in total. The minimum absolute atomic E-state index is 0.0514. The van der Waals surface area contributed by atoms with Gasteiger partial charge in [0, 0.05) is 33.9 Å². The second kappa shape index (κ2) is 8.65. The SMILES string of the molecule is Cc1sc2c(c1C)C(c1ccc(Cl)cc1)=N[C@@H](CC(=O)CC[C@@H](C)O)c1nnc(C)n1-2. The Morgan fingerprint density at radius 2 is 1.94 bits per heavy atom. The topological polar surface area (TPSA) is 80.4 Å². The third-order valence-corrected chi connectivity index (χ3v) is 7.06.